The molecule has 0 radical (unpaired) electrons. The van der Waals surface area contributed by atoms with Crippen LogP contribution in [0.3, 0.4) is 0 Å². The summed E-state index contributed by atoms with van der Waals surface area (Å²) in [6, 6.07) is 19.0. The molecule has 0 aromatic heterocycles. The largest absolute Gasteiger partial charge is 0.497 e. The summed E-state index contributed by atoms with van der Waals surface area (Å²) < 4.78 is 7.51. The molecule has 2 aromatic carbocycles. The van der Waals surface area contributed by atoms with Crippen molar-refractivity contribution in [2.75, 3.05) is 21.2 Å². The van der Waals surface area contributed by atoms with Crippen LogP contribution in [0, 0.1) is 5.92 Å². The summed E-state index contributed by atoms with van der Waals surface area (Å²) in [5, 5.41) is 0. The Bertz CT molecular complexity index is 922. The Morgan fingerprint density at radius 3 is 2.04 bits per heavy atom. The fourth-order valence-electron chi connectivity index (χ4n) is 3.37. The van der Waals surface area contributed by atoms with E-state index < -0.39 is 0 Å². The van der Waals surface area contributed by atoms with E-state index in [0.717, 1.165) is 5.75 Å². The molecule has 2 nitrogen and oxygen atoms in total. The number of hydrogen-bond donors (Lipinski definition) is 0. The van der Waals surface area contributed by atoms with Crippen LogP contribution in [0.1, 0.15) is 25.0 Å². The SMILES string of the molecule is COc1ccc(/C(=C2\C=CC(=[N+](C)C)C=C2C(C)C)c2ccccc2)cc1. The van der Waals surface area contributed by atoms with Gasteiger partial charge in [0.2, 0.25) is 0 Å². The Kier molecular flexibility index (Phi) is 5.75. The lowest BCUT2D eigenvalue weighted by Gasteiger charge is -2.21. The van der Waals surface area contributed by atoms with Gasteiger partial charge in [0.15, 0.2) is 5.71 Å². The smallest absolute Gasteiger partial charge is 0.199 e. The van der Waals surface area contributed by atoms with Crippen LogP contribution in [0.2, 0.25) is 0 Å². The van der Waals surface area contributed by atoms with E-state index in [1.807, 2.05) is 12.1 Å². The first-order chi connectivity index (χ1) is 13.0. The van der Waals surface area contributed by atoms with Gasteiger partial charge in [-0.3, -0.25) is 0 Å². The maximum atomic E-state index is 5.35. The number of methoxy groups -OCH3 is 1. The van der Waals surface area contributed by atoms with E-state index in [1.165, 1.54) is 33.6 Å². The summed E-state index contributed by atoms with van der Waals surface area (Å²) in [6.45, 7) is 4.52. The monoisotopic (exact) mass is 358 g/mol. The molecular weight excluding hydrogens is 330 g/mol. The van der Waals surface area contributed by atoms with Gasteiger partial charge in [-0.25, -0.2) is 4.58 Å². The van der Waals surface area contributed by atoms with E-state index in [-0.39, 0.29) is 0 Å². The maximum Gasteiger partial charge on any atom is 0.199 e. The first-order valence-corrected chi connectivity index (χ1v) is 9.39. The van der Waals surface area contributed by atoms with Crippen molar-refractivity contribution < 1.29 is 9.31 Å². The summed E-state index contributed by atoms with van der Waals surface area (Å²) >= 11 is 0. The van der Waals surface area contributed by atoms with Crippen LogP contribution in [0.4, 0.5) is 0 Å². The van der Waals surface area contributed by atoms with Crippen molar-refractivity contribution in [3.05, 3.63) is 95.1 Å². The second-order valence-electron chi connectivity index (χ2n) is 7.29. The topological polar surface area (TPSA) is 12.2 Å². The Balaban J connectivity index is 2.27. The Morgan fingerprint density at radius 1 is 0.852 bits per heavy atom. The molecule has 0 N–H and O–H groups in total. The fraction of sp³-hybridized carbons (Fsp3) is 0.240. The minimum Gasteiger partial charge on any atom is -0.497 e. The molecule has 0 saturated carbocycles. The van der Waals surface area contributed by atoms with E-state index in [1.54, 1.807) is 7.11 Å². The Morgan fingerprint density at radius 2 is 1.48 bits per heavy atom. The lowest BCUT2D eigenvalue weighted by Crippen LogP contribution is -2.15. The van der Waals surface area contributed by atoms with E-state index in [2.05, 4.69) is 93.2 Å². The summed E-state index contributed by atoms with van der Waals surface area (Å²) in [5.74, 6) is 1.30. The van der Waals surface area contributed by atoms with Gasteiger partial charge in [-0.15, -0.1) is 0 Å². The van der Waals surface area contributed by atoms with Gasteiger partial charge in [0, 0.05) is 12.2 Å². The van der Waals surface area contributed by atoms with Crippen molar-refractivity contribution in [3.63, 3.8) is 0 Å². The van der Waals surface area contributed by atoms with Crippen molar-refractivity contribution in [2.45, 2.75) is 13.8 Å². The maximum absolute atomic E-state index is 5.35. The van der Waals surface area contributed by atoms with Crippen LogP contribution < -0.4 is 4.74 Å². The van der Waals surface area contributed by atoms with Crippen molar-refractivity contribution in [3.8, 4) is 5.75 Å². The quantitative estimate of drug-likeness (QED) is 0.670. The summed E-state index contributed by atoms with van der Waals surface area (Å²) in [5.41, 5.74) is 7.54. The first kappa shape index (κ1) is 18.9. The van der Waals surface area contributed by atoms with Gasteiger partial charge in [0.1, 0.15) is 19.8 Å². The van der Waals surface area contributed by atoms with Crippen molar-refractivity contribution in [1.82, 2.24) is 0 Å². The predicted molar refractivity (Wildman–Crippen MR) is 115 cm³/mol. The first-order valence-electron chi connectivity index (χ1n) is 9.39. The van der Waals surface area contributed by atoms with Crippen LogP contribution in [-0.2, 0) is 0 Å². The second-order valence-corrected chi connectivity index (χ2v) is 7.29. The highest BCUT2D eigenvalue weighted by Crippen LogP contribution is 2.36. The molecule has 0 saturated heterocycles. The van der Waals surface area contributed by atoms with Gasteiger partial charge < -0.3 is 4.74 Å². The number of benzene rings is 2. The lowest BCUT2D eigenvalue weighted by atomic mass is 9.82. The predicted octanol–water partition coefficient (Wildman–Crippen LogP) is 5.36. The zero-order chi connectivity index (χ0) is 19.4. The van der Waals surface area contributed by atoms with Gasteiger partial charge in [-0.1, -0.05) is 56.3 Å². The van der Waals surface area contributed by atoms with Crippen LogP contribution in [0.25, 0.3) is 5.57 Å². The van der Waals surface area contributed by atoms with Gasteiger partial charge in [-0.05, 0) is 52.0 Å². The average Bonchev–Trinajstić information content (AvgIpc) is 2.69. The van der Waals surface area contributed by atoms with Gasteiger partial charge >= 0.3 is 0 Å². The molecule has 27 heavy (non-hydrogen) atoms. The van der Waals surface area contributed by atoms with Crippen molar-refractivity contribution in [1.29, 1.82) is 0 Å². The van der Waals surface area contributed by atoms with Crippen LogP contribution >= 0.6 is 0 Å². The molecule has 3 rings (SSSR count). The number of rotatable bonds is 4. The van der Waals surface area contributed by atoms with Crippen molar-refractivity contribution >= 4 is 11.3 Å². The number of hydrogen-bond acceptors (Lipinski definition) is 1. The van der Waals surface area contributed by atoms with Crippen LogP contribution in [0.15, 0.2) is 84.0 Å². The lowest BCUT2D eigenvalue weighted by molar-refractivity contribution is -0.462. The molecule has 0 amide bonds. The average molecular weight is 359 g/mol. The van der Waals surface area contributed by atoms with E-state index in [4.69, 9.17) is 4.74 Å². The molecule has 1 aliphatic carbocycles. The molecule has 0 spiro atoms. The highest BCUT2D eigenvalue weighted by atomic mass is 16.5. The second kappa shape index (κ2) is 8.22. The third-order valence-corrected chi connectivity index (χ3v) is 4.88. The molecule has 138 valence electrons. The van der Waals surface area contributed by atoms with E-state index in [0.29, 0.717) is 5.92 Å². The Hall–Kier alpha value is -2.87. The van der Waals surface area contributed by atoms with Crippen molar-refractivity contribution in [2.24, 2.45) is 5.92 Å². The standard InChI is InChI=1S/C25H28NO/c1-18(2)24-17-21(26(3)4)13-16-23(24)25(19-9-7-6-8-10-19)20-11-14-22(27-5)15-12-20/h6-18H,1-5H3/q+1/b25-23+. The zero-order valence-electron chi connectivity index (χ0n) is 16.9. The molecule has 0 unspecified atom stereocenters. The normalized spacial score (nSPS) is 15.6. The summed E-state index contributed by atoms with van der Waals surface area (Å²) in [4.78, 5) is 0. The third-order valence-electron chi connectivity index (χ3n) is 4.88. The number of allylic oxidation sites excluding steroid dienone is 5. The molecule has 2 aromatic rings. The molecule has 0 bridgehead atoms. The minimum absolute atomic E-state index is 0.428. The molecule has 0 atom stereocenters. The van der Waals surface area contributed by atoms with Gasteiger partial charge in [0.05, 0.1) is 7.11 Å². The summed E-state index contributed by atoms with van der Waals surface area (Å²) in [6.07, 6.45) is 6.78. The van der Waals surface area contributed by atoms with Crippen LogP contribution in [0.5, 0.6) is 5.75 Å². The van der Waals surface area contributed by atoms with Crippen LogP contribution in [-0.4, -0.2) is 31.5 Å². The number of nitrogens with zero attached hydrogens (tertiary/aromatic N) is 1. The minimum atomic E-state index is 0.428. The van der Waals surface area contributed by atoms with Gasteiger partial charge in [-0.2, -0.15) is 0 Å². The molecule has 2 heteroatoms. The van der Waals surface area contributed by atoms with E-state index in [9.17, 15) is 0 Å². The fourth-order valence-corrected chi connectivity index (χ4v) is 3.37. The Labute approximate surface area is 162 Å². The van der Waals surface area contributed by atoms with Gasteiger partial charge in [0.25, 0.3) is 0 Å². The highest BCUT2D eigenvalue weighted by Gasteiger charge is 2.21. The third kappa shape index (κ3) is 4.11. The van der Waals surface area contributed by atoms with E-state index >= 15 is 0 Å². The molecular formula is C25H28NO+. The molecule has 0 aliphatic heterocycles. The molecule has 0 heterocycles. The highest BCUT2D eigenvalue weighted by molar-refractivity contribution is 6.05. The molecule has 1 aliphatic rings. The summed E-state index contributed by atoms with van der Waals surface area (Å²) in [7, 11) is 5.88. The number of ether oxygens (including phenoxy) is 1. The molecule has 0 fully saturated rings. The zero-order valence-corrected chi connectivity index (χ0v) is 16.9.